The summed E-state index contributed by atoms with van der Waals surface area (Å²) in [4.78, 5) is 18.8. The van der Waals surface area contributed by atoms with Gasteiger partial charge in [-0.2, -0.15) is 0 Å². The second-order valence-electron chi connectivity index (χ2n) is 7.46. The zero-order valence-electron chi connectivity index (χ0n) is 17.1. The summed E-state index contributed by atoms with van der Waals surface area (Å²) < 4.78 is 7.80. The van der Waals surface area contributed by atoms with Crippen LogP contribution in [-0.2, 0) is 16.1 Å². The molecule has 0 N–H and O–H groups in total. The van der Waals surface area contributed by atoms with Crippen molar-refractivity contribution in [2.45, 2.75) is 37.8 Å². The third kappa shape index (κ3) is 4.88. The summed E-state index contributed by atoms with van der Waals surface area (Å²) in [6.07, 6.45) is 3.60. The molecule has 0 spiro atoms. The molecule has 4 rings (SSSR count). The predicted molar refractivity (Wildman–Crippen MR) is 116 cm³/mol. The molecule has 1 aliphatic rings. The fraction of sp³-hybridized carbons (Fsp3) is 0.364. The molecule has 0 bridgehead atoms. The minimum atomic E-state index is 0.0581. The van der Waals surface area contributed by atoms with E-state index < -0.39 is 0 Å². The number of morpholine rings is 1. The van der Waals surface area contributed by atoms with E-state index >= 15 is 0 Å². The molecule has 1 fully saturated rings. The average Bonchev–Trinajstić information content (AvgIpc) is 3.15. The average molecular weight is 424 g/mol. The number of amides is 1. The highest BCUT2D eigenvalue weighted by Crippen LogP contribution is 2.25. The highest BCUT2D eigenvalue weighted by molar-refractivity contribution is 7.99. The van der Waals surface area contributed by atoms with Crippen LogP contribution in [0.2, 0.25) is 0 Å². The summed E-state index contributed by atoms with van der Waals surface area (Å²) in [6.45, 7) is 5.89. The summed E-state index contributed by atoms with van der Waals surface area (Å²) in [5.41, 5.74) is 2.10. The lowest BCUT2D eigenvalue weighted by Gasteiger charge is -2.35. The maximum Gasteiger partial charge on any atom is 0.233 e. The van der Waals surface area contributed by atoms with E-state index in [1.165, 1.54) is 11.8 Å². The molecular formula is C22H25N5O2S. The summed E-state index contributed by atoms with van der Waals surface area (Å²) >= 11 is 1.43. The van der Waals surface area contributed by atoms with E-state index in [0.717, 1.165) is 22.1 Å². The number of carbonyl (C=O) groups excluding carboxylic acids is 1. The summed E-state index contributed by atoms with van der Waals surface area (Å²) in [5, 5.41) is 9.54. The molecule has 7 nitrogen and oxygen atoms in total. The zero-order chi connectivity index (χ0) is 20.9. The lowest BCUT2D eigenvalue weighted by atomic mass is 10.2. The first kappa shape index (κ1) is 20.6. The number of rotatable bonds is 6. The number of hydrogen-bond acceptors (Lipinski definition) is 6. The highest BCUT2D eigenvalue weighted by Gasteiger charge is 2.26. The molecule has 1 saturated heterocycles. The van der Waals surface area contributed by atoms with Gasteiger partial charge < -0.3 is 9.64 Å². The van der Waals surface area contributed by atoms with Crippen LogP contribution >= 0.6 is 11.8 Å². The van der Waals surface area contributed by atoms with Crippen LogP contribution in [0, 0.1) is 0 Å². The van der Waals surface area contributed by atoms with Crippen molar-refractivity contribution >= 4 is 17.7 Å². The molecule has 8 heteroatoms. The number of benzene rings is 1. The Balaban J connectivity index is 1.54. The summed E-state index contributed by atoms with van der Waals surface area (Å²) in [6, 6.07) is 14.0. The van der Waals surface area contributed by atoms with E-state index in [1.807, 2.05) is 49.1 Å². The van der Waals surface area contributed by atoms with Gasteiger partial charge in [-0.25, -0.2) is 0 Å². The molecule has 2 atom stereocenters. The second kappa shape index (κ2) is 9.40. The first-order chi connectivity index (χ1) is 14.6. The molecule has 3 heterocycles. The SMILES string of the molecule is CC1CN(C(=O)CSc2nnc(-c3ccncc3)n2Cc2ccccc2)CC(C)O1. The maximum absolute atomic E-state index is 12.8. The van der Waals surface area contributed by atoms with Crippen molar-refractivity contribution in [1.82, 2.24) is 24.6 Å². The van der Waals surface area contributed by atoms with Gasteiger partial charge in [0.25, 0.3) is 0 Å². The van der Waals surface area contributed by atoms with Gasteiger partial charge in [0.1, 0.15) is 0 Å². The van der Waals surface area contributed by atoms with Gasteiger partial charge >= 0.3 is 0 Å². The fourth-order valence-corrected chi connectivity index (χ4v) is 4.46. The van der Waals surface area contributed by atoms with Crippen LogP contribution in [0.5, 0.6) is 0 Å². The molecule has 156 valence electrons. The van der Waals surface area contributed by atoms with Crippen molar-refractivity contribution < 1.29 is 9.53 Å². The Morgan fingerprint density at radius 1 is 1.07 bits per heavy atom. The minimum absolute atomic E-state index is 0.0581. The van der Waals surface area contributed by atoms with Crippen LogP contribution in [0.1, 0.15) is 19.4 Å². The first-order valence-corrected chi connectivity index (χ1v) is 11.0. The van der Waals surface area contributed by atoms with Gasteiger partial charge in [-0.15, -0.1) is 10.2 Å². The third-order valence-electron chi connectivity index (χ3n) is 4.94. The van der Waals surface area contributed by atoms with Crippen LogP contribution in [0.15, 0.2) is 60.0 Å². The molecule has 3 aromatic rings. The van der Waals surface area contributed by atoms with E-state index in [1.54, 1.807) is 12.4 Å². The fourth-order valence-electron chi connectivity index (χ4n) is 3.62. The molecule has 30 heavy (non-hydrogen) atoms. The van der Waals surface area contributed by atoms with Crippen molar-refractivity contribution in [3.8, 4) is 11.4 Å². The lowest BCUT2D eigenvalue weighted by molar-refractivity contribution is -0.140. The molecule has 1 aromatic carbocycles. The Labute approximate surface area is 180 Å². The monoisotopic (exact) mass is 423 g/mol. The van der Waals surface area contributed by atoms with E-state index in [4.69, 9.17) is 4.74 Å². The Morgan fingerprint density at radius 3 is 2.47 bits per heavy atom. The minimum Gasteiger partial charge on any atom is -0.372 e. The Bertz CT molecular complexity index is 970. The molecule has 0 radical (unpaired) electrons. The van der Waals surface area contributed by atoms with Gasteiger partial charge in [0, 0.05) is 31.0 Å². The number of carbonyl (C=O) groups is 1. The first-order valence-electron chi connectivity index (χ1n) is 10.0. The van der Waals surface area contributed by atoms with Gasteiger partial charge in [0.05, 0.1) is 24.5 Å². The smallest absolute Gasteiger partial charge is 0.233 e. The van der Waals surface area contributed by atoms with Crippen molar-refractivity contribution in [2.24, 2.45) is 0 Å². The van der Waals surface area contributed by atoms with Crippen molar-refractivity contribution in [1.29, 1.82) is 0 Å². The molecule has 0 saturated carbocycles. The summed E-state index contributed by atoms with van der Waals surface area (Å²) in [7, 11) is 0. The number of nitrogens with zero attached hydrogens (tertiary/aromatic N) is 5. The number of aromatic nitrogens is 4. The van der Waals surface area contributed by atoms with Gasteiger partial charge in [-0.3, -0.25) is 14.3 Å². The third-order valence-corrected chi connectivity index (χ3v) is 5.89. The summed E-state index contributed by atoms with van der Waals surface area (Å²) in [5.74, 6) is 1.19. The topological polar surface area (TPSA) is 73.1 Å². The van der Waals surface area contributed by atoms with Crippen LogP contribution in [0.3, 0.4) is 0 Å². The second-order valence-corrected chi connectivity index (χ2v) is 8.40. The quantitative estimate of drug-likeness (QED) is 0.567. The van der Waals surface area contributed by atoms with Crippen molar-refractivity contribution in [3.63, 3.8) is 0 Å². The number of hydrogen-bond donors (Lipinski definition) is 0. The molecule has 1 amide bonds. The normalized spacial score (nSPS) is 19.1. The van der Waals surface area contributed by atoms with Crippen LogP contribution in [0.25, 0.3) is 11.4 Å². The van der Waals surface area contributed by atoms with Crippen LogP contribution in [0.4, 0.5) is 0 Å². The standard InChI is InChI=1S/C22H25N5O2S/c1-16-12-26(13-17(2)29-16)20(28)15-30-22-25-24-21(19-8-10-23-11-9-19)27(22)14-18-6-4-3-5-7-18/h3-11,16-17H,12-15H2,1-2H3. The van der Waals surface area contributed by atoms with E-state index in [0.29, 0.717) is 25.4 Å². The van der Waals surface area contributed by atoms with Crippen molar-refractivity contribution in [3.05, 3.63) is 60.4 Å². The van der Waals surface area contributed by atoms with Crippen LogP contribution < -0.4 is 0 Å². The van der Waals surface area contributed by atoms with E-state index in [-0.39, 0.29) is 18.1 Å². The zero-order valence-corrected chi connectivity index (χ0v) is 18.0. The van der Waals surface area contributed by atoms with E-state index in [2.05, 4.69) is 31.9 Å². The van der Waals surface area contributed by atoms with Gasteiger partial charge in [-0.05, 0) is 31.5 Å². The maximum atomic E-state index is 12.8. The lowest BCUT2D eigenvalue weighted by Crippen LogP contribution is -2.48. The Morgan fingerprint density at radius 2 is 1.77 bits per heavy atom. The van der Waals surface area contributed by atoms with Gasteiger partial charge in [0.15, 0.2) is 11.0 Å². The Hall–Kier alpha value is -2.71. The highest BCUT2D eigenvalue weighted by atomic mass is 32.2. The van der Waals surface area contributed by atoms with E-state index in [9.17, 15) is 4.79 Å². The number of pyridine rings is 1. The van der Waals surface area contributed by atoms with Crippen LogP contribution in [-0.4, -0.2) is 61.6 Å². The van der Waals surface area contributed by atoms with Gasteiger partial charge in [0.2, 0.25) is 5.91 Å². The molecule has 0 aliphatic carbocycles. The van der Waals surface area contributed by atoms with Crippen molar-refractivity contribution in [2.75, 3.05) is 18.8 Å². The predicted octanol–water partition coefficient (Wildman–Crippen LogP) is 3.12. The molecule has 2 aromatic heterocycles. The number of thioether (sulfide) groups is 1. The number of ether oxygens (including phenoxy) is 1. The molecule has 1 aliphatic heterocycles. The molecule has 2 unspecified atom stereocenters. The largest absolute Gasteiger partial charge is 0.372 e. The van der Waals surface area contributed by atoms with Gasteiger partial charge in [-0.1, -0.05) is 42.1 Å². The Kier molecular flexibility index (Phi) is 6.44. The molecular weight excluding hydrogens is 398 g/mol.